The maximum absolute atomic E-state index is 13.0. The summed E-state index contributed by atoms with van der Waals surface area (Å²) in [5, 5.41) is 4.21. The normalized spacial score (nSPS) is 26.4. The van der Waals surface area contributed by atoms with E-state index in [4.69, 9.17) is 4.74 Å². The summed E-state index contributed by atoms with van der Waals surface area (Å²) in [5.41, 5.74) is 2.24. The van der Waals surface area contributed by atoms with Crippen LogP contribution in [0.15, 0.2) is 29.4 Å². The van der Waals surface area contributed by atoms with Crippen molar-refractivity contribution in [2.75, 3.05) is 18.6 Å². The summed E-state index contributed by atoms with van der Waals surface area (Å²) in [6, 6.07) is 4.90. The van der Waals surface area contributed by atoms with Gasteiger partial charge in [0.15, 0.2) is 0 Å². The first-order valence-corrected chi connectivity index (χ1v) is 9.87. The highest BCUT2D eigenvalue weighted by Gasteiger charge is 2.51. The fourth-order valence-corrected chi connectivity index (χ4v) is 5.01. The van der Waals surface area contributed by atoms with Gasteiger partial charge < -0.3 is 9.64 Å². The molecule has 5 nitrogen and oxygen atoms in total. The Morgan fingerprint density at radius 1 is 1.31 bits per heavy atom. The Hall–Kier alpha value is -2.25. The Morgan fingerprint density at radius 3 is 2.69 bits per heavy atom. The molecule has 1 aromatic carbocycles. The Balaban J connectivity index is 1.88. The van der Waals surface area contributed by atoms with Gasteiger partial charge in [0.2, 0.25) is 5.84 Å². The molecular formula is C21H28F3N3O2. The molecule has 160 valence electrons. The largest absolute Gasteiger partial charge is 0.460 e. The first-order chi connectivity index (χ1) is 13.4. The van der Waals surface area contributed by atoms with E-state index in [1.807, 2.05) is 4.90 Å². The SMILES string of the molecule is CCOC(=O)/C(=N\Nc1cccc(C(F)(F)F)c1)N1CC2(C)CC1CC(C)(C)C2. The van der Waals surface area contributed by atoms with E-state index in [1.165, 1.54) is 12.1 Å². The first kappa shape index (κ1) is 21.5. The quantitative estimate of drug-likeness (QED) is 0.333. The Bertz CT molecular complexity index is 807. The third kappa shape index (κ3) is 4.85. The number of fused-ring (bicyclic) bond motifs is 2. The molecule has 1 saturated carbocycles. The van der Waals surface area contributed by atoms with Gasteiger partial charge in [-0.05, 0) is 55.2 Å². The summed E-state index contributed by atoms with van der Waals surface area (Å²) < 4.78 is 44.1. The van der Waals surface area contributed by atoms with Gasteiger partial charge in [0.1, 0.15) is 0 Å². The van der Waals surface area contributed by atoms with Gasteiger partial charge in [0.25, 0.3) is 0 Å². The van der Waals surface area contributed by atoms with Gasteiger partial charge in [0.05, 0.1) is 17.9 Å². The number of nitrogens with one attached hydrogen (secondary N) is 1. The van der Waals surface area contributed by atoms with E-state index in [0.717, 1.165) is 31.4 Å². The molecule has 0 amide bonds. The number of alkyl halides is 3. The number of likely N-dealkylation sites (tertiary alicyclic amines) is 1. The van der Waals surface area contributed by atoms with Crippen molar-refractivity contribution in [1.82, 2.24) is 4.90 Å². The van der Waals surface area contributed by atoms with Gasteiger partial charge in [-0.1, -0.05) is 26.8 Å². The van der Waals surface area contributed by atoms with Crippen molar-refractivity contribution in [3.63, 3.8) is 0 Å². The zero-order valence-electron chi connectivity index (χ0n) is 17.3. The van der Waals surface area contributed by atoms with Gasteiger partial charge in [-0.2, -0.15) is 13.2 Å². The minimum Gasteiger partial charge on any atom is -0.460 e. The zero-order chi connectivity index (χ0) is 21.4. The van der Waals surface area contributed by atoms with Gasteiger partial charge >= 0.3 is 12.1 Å². The molecule has 1 saturated heterocycles. The van der Waals surface area contributed by atoms with Gasteiger partial charge in [-0.25, -0.2) is 4.79 Å². The number of benzene rings is 1. The number of nitrogens with zero attached hydrogens (tertiary/aromatic N) is 2. The van der Waals surface area contributed by atoms with Crippen LogP contribution in [-0.2, 0) is 15.7 Å². The molecular weight excluding hydrogens is 383 g/mol. The molecule has 8 heteroatoms. The van der Waals surface area contributed by atoms with Crippen LogP contribution < -0.4 is 5.43 Å². The molecule has 1 aliphatic carbocycles. The van der Waals surface area contributed by atoms with Crippen molar-refractivity contribution in [3.8, 4) is 0 Å². The minimum absolute atomic E-state index is 0.0654. The van der Waals surface area contributed by atoms with E-state index < -0.39 is 17.7 Å². The number of ether oxygens (including phenoxy) is 1. The lowest BCUT2D eigenvalue weighted by atomic mass is 9.65. The summed E-state index contributed by atoms with van der Waals surface area (Å²) >= 11 is 0. The molecule has 2 aliphatic rings. The molecule has 0 radical (unpaired) electrons. The molecule has 0 aromatic heterocycles. The van der Waals surface area contributed by atoms with Crippen LogP contribution >= 0.6 is 0 Å². The number of rotatable bonds is 3. The van der Waals surface area contributed by atoms with Crippen LogP contribution in [0.2, 0.25) is 0 Å². The molecule has 0 spiro atoms. The van der Waals surface area contributed by atoms with E-state index in [1.54, 1.807) is 6.92 Å². The summed E-state index contributed by atoms with van der Waals surface area (Å²) in [4.78, 5) is 14.6. The molecule has 1 aromatic rings. The maximum Gasteiger partial charge on any atom is 0.416 e. The van der Waals surface area contributed by atoms with Crippen molar-refractivity contribution >= 4 is 17.5 Å². The molecule has 29 heavy (non-hydrogen) atoms. The highest BCUT2D eigenvalue weighted by molar-refractivity contribution is 6.35. The topological polar surface area (TPSA) is 53.9 Å². The van der Waals surface area contributed by atoms with Crippen molar-refractivity contribution in [2.24, 2.45) is 15.9 Å². The van der Waals surface area contributed by atoms with E-state index in [-0.39, 0.29) is 35.0 Å². The Morgan fingerprint density at radius 2 is 2.03 bits per heavy atom. The van der Waals surface area contributed by atoms with Crippen LogP contribution in [0.5, 0.6) is 0 Å². The molecule has 1 N–H and O–H groups in total. The van der Waals surface area contributed by atoms with Crippen LogP contribution in [0.4, 0.5) is 18.9 Å². The molecule has 2 bridgehead atoms. The number of hydrogen-bond acceptors (Lipinski definition) is 4. The fourth-order valence-electron chi connectivity index (χ4n) is 5.01. The molecule has 2 unspecified atom stereocenters. The monoisotopic (exact) mass is 411 g/mol. The number of amidine groups is 1. The summed E-state index contributed by atoms with van der Waals surface area (Å²) in [5.74, 6) is -0.448. The van der Waals surface area contributed by atoms with Crippen LogP contribution in [0.25, 0.3) is 0 Å². The highest BCUT2D eigenvalue weighted by Crippen LogP contribution is 2.52. The van der Waals surface area contributed by atoms with Crippen molar-refractivity contribution < 1.29 is 22.7 Å². The number of carbonyl (C=O) groups is 1. The molecule has 3 rings (SSSR count). The van der Waals surface area contributed by atoms with Crippen molar-refractivity contribution in [2.45, 2.75) is 59.2 Å². The number of hydrogen-bond donors (Lipinski definition) is 1. The highest BCUT2D eigenvalue weighted by atomic mass is 19.4. The maximum atomic E-state index is 13.0. The van der Waals surface area contributed by atoms with Gasteiger partial charge in [-0.3, -0.25) is 5.43 Å². The van der Waals surface area contributed by atoms with Crippen molar-refractivity contribution in [3.05, 3.63) is 29.8 Å². The summed E-state index contributed by atoms with van der Waals surface area (Å²) in [6.07, 6.45) is -1.52. The lowest BCUT2D eigenvalue weighted by Crippen LogP contribution is -2.42. The molecule has 1 heterocycles. The van der Waals surface area contributed by atoms with Gasteiger partial charge in [-0.15, -0.1) is 5.10 Å². The average Bonchev–Trinajstić information content (AvgIpc) is 2.83. The third-order valence-corrected chi connectivity index (χ3v) is 5.63. The fraction of sp³-hybridized carbons (Fsp3) is 0.619. The predicted molar refractivity (Wildman–Crippen MR) is 105 cm³/mol. The third-order valence-electron chi connectivity index (χ3n) is 5.63. The Labute approximate surface area is 169 Å². The second kappa shape index (κ2) is 7.54. The van der Waals surface area contributed by atoms with E-state index in [2.05, 4.69) is 31.3 Å². The Kier molecular flexibility index (Phi) is 5.58. The molecule has 2 atom stereocenters. The van der Waals surface area contributed by atoms with Crippen molar-refractivity contribution in [1.29, 1.82) is 0 Å². The van der Waals surface area contributed by atoms with Crippen LogP contribution in [0.3, 0.4) is 0 Å². The second-order valence-electron chi connectivity index (χ2n) is 9.19. The average molecular weight is 411 g/mol. The predicted octanol–water partition coefficient (Wildman–Crippen LogP) is 4.89. The summed E-state index contributed by atoms with van der Waals surface area (Å²) in [7, 11) is 0. The summed E-state index contributed by atoms with van der Waals surface area (Å²) in [6.45, 7) is 9.24. The van der Waals surface area contributed by atoms with Gasteiger partial charge in [0, 0.05) is 12.6 Å². The smallest absolute Gasteiger partial charge is 0.416 e. The first-order valence-electron chi connectivity index (χ1n) is 9.87. The number of anilines is 1. The molecule has 2 fully saturated rings. The number of esters is 1. The van der Waals surface area contributed by atoms with E-state index >= 15 is 0 Å². The number of halogens is 3. The lowest BCUT2D eigenvalue weighted by Gasteiger charge is -2.39. The lowest BCUT2D eigenvalue weighted by molar-refractivity contribution is -0.138. The number of carbonyl (C=O) groups excluding carboxylic acids is 1. The van der Waals surface area contributed by atoms with Crippen LogP contribution in [0.1, 0.15) is 52.5 Å². The number of hydrazone groups is 1. The zero-order valence-corrected chi connectivity index (χ0v) is 17.3. The minimum atomic E-state index is -4.45. The molecule has 1 aliphatic heterocycles. The van der Waals surface area contributed by atoms with E-state index in [0.29, 0.717) is 6.54 Å². The second-order valence-corrected chi connectivity index (χ2v) is 9.19. The van der Waals surface area contributed by atoms with E-state index in [9.17, 15) is 18.0 Å². The van der Waals surface area contributed by atoms with Crippen LogP contribution in [-0.4, -0.2) is 35.9 Å². The standard InChI is InChI=1S/C21H28F3N3O2/c1-5-29-18(28)17(26-25-15-8-6-7-14(9-15)21(22,23)24)27-13-20(4)11-16(27)10-19(2,3)12-20/h6-9,16,25H,5,10-13H2,1-4H3/b26-17+. The van der Waals surface area contributed by atoms with Crippen LogP contribution in [0, 0.1) is 10.8 Å².